The number of fused-ring (bicyclic) bond motifs is 1. The Kier molecular flexibility index (Phi) is 7.06. The molecule has 3 heterocycles. The number of methoxy groups -OCH3 is 1. The lowest BCUT2D eigenvalue weighted by molar-refractivity contribution is 0.210. The zero-order valence-electron chi connectivity index (χ0n) is 18.9. The van der Waals surface area contributed by atoms with E-state index in [4.69, 9.17) is 18.9 Å². The van der Waals surface area contributed by atoms with Crippen LogP contribution in [0.3, 0.4) is 0 Å². The Balaban J connectivity index is 1.69. The molecule has 32 heavy (non-hydrogen) atoms. The van der Waals surface area contributed by atoms with Crippen LogP contribution in [0.1, 0.15) is 31.9 Å². The fourth-order valence-electron chi connectivity index (χ4n) is 4.16. The Morgan fingerprint density at radius 1 is 1.25 bits per heavy atom. The van der Waals surface area contributed by atoms with Gasteiger partial charge < -0.3 is 29.6 Å². The van der Waals surface area contributed by atoms with Crippen LogP contribution < -0.4 is 15.4 Å². The summed E-state index contributed by atoms with van der Waals surface area (Å²) in [5.41, 5.74) is 2.30. The first kappa shape index (κ1) is 22.3. The lowest BCUT2D eigenvalue weighted by Gasteiger charge is -2.18. The van der Waals surface area contributed by atoms with Crippen LogP contribution in [0.2, 0.25) is 0 Å². The number of ether oxygens (including phenoxy) is 2. The third-order valence-electron chi connectivity index (χ3n) is 5.74. The molecule has 1 saturated carbocycles. The van der Waals surface area contributed by atoms with Gasteiger partial charge in [-0.1, -0.05) is 0 Å². The molecule has 172 valence electrons. The molecule has 1 aliphatic rings. The molecule has 1 aliphatic carbocycles. The number of rotatable bonds is 10. The number of aryl methyl sites for hydroxylation is 1. The van der Waals surface area contributed by atoms with Gasteiger partial charge in [-0.2, -0.15) is 4.98 Å². The fourth-order valence-corrected chi connectivity index (χ4v) is 4.16. The highest BCUT2D eigenvalue weighted by molar-refractivity contribution is 5.86. The summed E-state index contributed by atoms with van der Waals surface area (Å²) in [4.78, 5) is 13.7. The maximum absolute atomic E-state index is 9.53. The van der Waals surface area contributed by atoms with Crippen molar-refractivity contribution in [3.8, 4) is 17.2 Å². The van der Waals surface area contributed by atoms with Gasteiger partial charge in [-0.15, -0.1) is 0 Å². The summed E-state index contributed by atoms with van der Waals surface area (Å²) in [6.07, 6.45) is 4.58. The number of aromatic nitrogens is 3. The van der Waals surface area contributed by atoms with Crippen molar-refractivity contribution in [3.63, 3.8) is 0 Å². The summed E-state index contributed by atoms with van der Waals surface area (Å²) < 4.78 is 16.8. The van der Waals surface area contributed by atoms with E-state index >= 15 is 0 Å². The molecule has 0 amide bonds. The lowest BCUT2D eigenvalue weighted by Crippen LogP contribution is -2.19. The predicted octanol–water partition coefficient (Wildman–Crippen LogP) is 3.62. The predicted molar refractivity (Wildman–Crippen MR) is 123 cm³/mol. The molecule has 0 radical (unpaired) electrons. The summed E-state index contributed by atoms with van der Waals surface area (Å²) >= 11 is 0. The topological polar surface area (TPSA) is 115 Å². The van der Waals surface area contributed by atoms with Gasteiger partial charge in [0.05, 0.1) is 30.7 Å². The molecule has 1 fully saturated rings. The first-order valence-electron chi connectivity index (χ1n) is 11.1. The van der Waals surface area contributed by atoms with Gasteiger partial charge in [-0.3, -0.25) is 0 Å². The fraction of sp³-hybridized carbons (Fsp3) is 0.522. The first-order chi connectivity index (χ1) is 15.6. The van der Waals surface area contributed by atoms with Gasteiger partial charge in [0.1, 0.15) is 11.6 Å². The number of nitrogens with one attached hydrogen (secondary N) is 2. The minimum absolute atomic E-state index is 0.219. The molecular weight excluding hydrogens is 410 g/mol. The van der Waals surface area contributed by atoms with Gasteiger partial charge >= 0.3 is 0 Å². The number of hydrogen-bond acceptors (Lipinski definition) is 9. The molecule has 3 aromatic heterocycles. The number of aliphatic hydroxyl groups excluding tert-OH is 1. The Morgan fingerprint density at radius 3 is 2.88 bits per heavy atom. The van der Waals surface area contributed by atoms with Crippen molar-refractivity contribution in [2.45, 2.75) is 39.2 Å². The van der Waals surface area contributed by atoms with Gasteiger partial charge in [0.15, 0.2) is 5.58 Å². The maximum atomic E-state index is 9.53. The first-order valence-corrected chi connectivity index (χ1v) is 11.1. The largest absolute Gasteiger partial charge is 0.478 e. The van der Waals surface area contributed by atoms with Crippen molar-refractivity contribution in [2.75, 3.05) is 44.1 Å². The van der Waals surface area contributed by atoms with E-state index in [9.17, 15) is 5.11 Å². The number of aliphatic hydroxyl groups is 1. The van der Waals surface area contributed by atoms with E-state index in [1.54, 1.807) is 13.3 Å². The zero-order valence-corrected chi connectivity index (χ0v) is 18.9. The second kappa shape index (κ2) is 10.1. The van der Waals surface area contributed by atoms with Crippen LogP contribution in [0.15, 0.2) is 22.7 Å². The van der Waals surface area contributed by atoms with Crippen LogP contribution in [0, 0.1) is 12.8 Å². The average molecular weight is 442 g/mol. The third kappa shape index (κ3) is 4.94. The van der Waals surface area contributed by atoms with Crippen molar-refractivity contribution < 1.29 is 19.0 Å². The molecule has 2 unspecified atom stereocenters. The molecule has 9 heteroatoms. The van der Waals surface area contributed by atoms with E-state index in [1.807, 2.05) is 26.0 Å². The molecule has 3 aromatic rings. The smallest absolute Gasteiger partial charge is 0.224 e. The third-order valence-corrected chi connectivity index (χ3v) is 5.74. The molecule has 0 aliphatic heterocycles. The van der Waals surface area contributed by atoms with E-state index in [1.165, 1.54) is 0 Å². The Labute approximate surface area is 187 Å². The van der Waals surface area contributed by atoms with Gasteiger partial charge in [0, 0.05) is 37.8 Å². The molecule has 9 nitrogen and oxygen atoms in total. The van der Waals surface area contributed by atoms with Gasteiger partial charge in [0.2, 0.25) is 11.8 Å². The van der Waals surface area contributed by atoms with Crippen LogP contribution >= 0.6 is 0 Å². The molecular formula is C23H31N5O4. The molecule has 3 N–H and O–H groups in total. The number of hydrogen-bond donors (Lipinski definition) is 3. The van der Waals surface area contributed by atoms with Gasteiger partial charge in [-0.05, 0) is 45.1 Å². The van der Waals surface area contributed by atoms with Crippen molar-refractivity contribution in [1.82, 2.24) is 15.0 Å². The molecule has 2 atom stereocenters. The normalized spacial score (nSPS) is 18.2. The van der Waals surface area contributed by atoms with E-state index in [2.05, 4.69) is 20.6 Å². The highest BCUT2D eigenvalue weighted by Gasteiger charge is 2.26. The van der Waals surface area contributed by atoms with Crippen molar-refractivity contribution in [2.24, 2.45) is 5.92 Å². The summed E-state index contributed by atoms with van der Waals surface area (Å²) in [6, 6.07) is 4.08. The summed E-state index contributed by atoms with van der Waals surface area (Å²) in [7, 11) is 1.66. The molecule has 4 rings (SSSR count). The summed E-state index contributed by atoms with van der Waals surface area (Å²) in [5.74, 6) is 2.83. The van der Waals surface area contributed by atoms with E-state index in [0.29, 0.717) is 48.8 Å². The standard InChI is InChI=1S/C23H31N5O4/c1-4-31-20-11-16-10-18(32-19(16)12-25-20)21-14(2)26-23(24-7-8-30-3)28-22(21)27-17-6-5-15(9-17)13-29/h10-12,15,17,29H,4-9,13H2,1-3H3,(H2,24,26,27,28). The second-order valence-electron chi connectivity index (χ2n) is 8.08. The van der Waals surface area contributed by atoms with E-state index in [0.717, 1.165) is 41.7 Å². The highest BCUT2D eigenvalue weighted by Crippen LogP contribution is 2.37. The molecule has 0 spiro atoms. The summed E-state index contributed by atoms with van der Waals surface area (Å²) in [5, 5.41) is 17.2. The Bertz CT molecular complexity index is 1050. The molecule has 0 aromatic carbocycles. The van der Waals surface area contributed by atoms with Crippen LogP contribution in [0.25, 0.3) is 22.3 Å². The minimum Gasteiger partial charge on any atom is -0.478 e. The quantitative estimate of drug-likeness (QED) is 0.406. The minimum atomic E-state index is 0.219. The Hall–Kier alpha value is -2.91. The zero-order chi connectivity index (χ0) is 22.5. The van der Waals surface area contributed by atoms with E-state index in [-0.39, 0.29) is 12.6 Å². The van der Waals surface area contributed by atoms with Crippen LogP contribution in [-0.2, 0) is 4.74 Å². The van der Waals surface area contributed by atoms with Crippen molar-refractivity contribution >= 4 is 22.7 Å². The number of nitrogens with zero attached hydrogens (tertiary/aromatic N) is 3. The number of pyridine rings is 1. The highest BCUT2D eigenvalue weighted by atomic mass is 16.5. The van der Waals surface area contributed by atoms with Crippen LogP contribution in [-0.4, -0.2) is 59.6 Å². The monoisotopic (exact) mass is 441 g/mol. The van der Waals surface area contributed by atoms with Crippen molar-refractivity contribution in [1.29, 1.82) is 0 Å². The number of furan rings is 1. The lowest BCUT2D eigenvalue weighted by atomic mass is 10.1. The van der Waals surface area contributed by atoms with Crippen molar-refractivity contribution in [3.05, 3.63) is 24.0 Å². The Morgan fingerprint density at radius 2 is 2.12 bits per heavy atom. The average Bonchev–Trinajstić information content (AvgIpc) is 3.40. The molecule has 0 saturated heterocycles. The second-order valence-corrected chi connectivity index (χ2v) is 8.08. The summed E-state index contributed by atoms with van der Waals surface area (Å²) in [6.45, 7) is 5.83. The SMILES string of the molecule is CCOc1cc2cc(-c3c(C)nc(NCCOC)nc3NC3CCC(CO)C3)oc2cn1. The van der Waals surface area contributed by atoms with Gasteiger partial charge in [-0.25, -0.2) is 9.97 Å². The van der Waals surface area contributed by atoms with E-state index < -0.39 is 0 Å². The van der Waals surface area contributed by atoms with Gasteiger partial charge in [0.25, 0.3) is 0 Å². The number of anilines is 2. The van der Waals surface area contributed by atoms with Crippen LogP contribution in [0.4, 0.5) is 11.8 Å². The molecule has 0 bridgehead atoms. The maximum Gasteiger partial charge on any atom is 0.224 e. The van der Waals surface area contributed by atoms with Crippen LogP contribution in [0.5, 0.6) is 5.88 Å².